The van der Waals surface area contributed by atoms with Gasteiger partial charge in [-0.15, -0.1) is 0 Å². The van der Waals surface area contributed by atoms with Gasteiger partial charge in [0.05, 0.1) is 31.0 Å². The molecule has 0 atom stereocenters. The van der Waals surface area contributed by atoms with Crippen LogP contribution in [0, 0.1) is 11.3 Å². The lowest BCUT2D eigenvalue weighted by molar-refractivity contribution is -0.140. The van der Waals surface area contributed by atoms with E-state index in [1.807, 2.05) is 6.07 Å². The van der Waals surface area contributed by atoms with E-state index in [0.717, 1.165) is 0 Å². The predicted molar refractivity (Wildman–Crippen MR) is 54.1 cm³/mol. The second-order valence-electron chi connectivity index (χ2n) is 2.79. The van der Waals surface area contributed by atoms with Crippen LogP contribution in [0.15, 0.2) is 18.5 Å². The van der Waals surface area contributed by atoms with Crippen molar-refractivity contribution in [2.24, 2.45) is 0 Å². The molecule has 0 bridgehead atoms. The number of anilines is 1. The topological polar surface area (TPSA) is 75.0 Å². The number of carbonyl (C=O) groups is 1. The Morgan fingerprint density at radius 2 is 2.53 bits per heavy atom. The first-order valence-electron chi connectivity index (χ1n) is 4.42. The normalized spacial score (nSPS) is 9.07. The highest BCUT2D eigenvalue weighted by atomic mass is 16.5. The van der Waals surface area contributed by atoms with Gasteiger partial charge in [-0.2, -0.15) is 5.26 Å². The van der Waals surface area contributed by atoms with Gasteiger partial charge in [0.15, 0.2) is 0 Å². The molecule has 1 aromatic rings. The van der Waals surface area contributed by atoms with Gasteiger partial charge in [0, 0.05) is 12.7 Å². The molecule has 0 spiro atoms. The highest BCUT2D eigenvalue weighted by molar-refractivity contribution is 5.70. The molecule has 0 saturated carbocycles. The van der Waals surface area contributed by atoms with E-state index in [1.54, 1.807) is 18.5 Å². The van der Waals surface area contributed by atoms with Crippen LogP contribution in [0.3, 0.4) is 0 Å². The van der Waals surface area contributed by atoms with Crippen molar-refractivity contribution in [2.45, 2.75) is 6.42 Å². The fraction of sp³-hybridized carbons (Fsp3) is 0.300. The smallest absolute Gasteiger partial charge is 0.307 e. The van der Waals surface area contributed by atoms with Crippen LogP contribution in [-0.4, -0.2) is 24.6 Å². The molecule has 5 nitrogen and oxygen atoms in total. The second kappa shape index (κ2) is 5.60. The number of nitriles is 1. The minimum atomic E-state index is -0.287. The van der Waals surface area contributed by atoms with Crippen molar-refractivity contribution >= 4 is 11.7 Å². The summed E-state index contributed by atoms with van der Waals surface area (Å²) in [6, 6.07) is 3.64. The molecule has 1 N–H and O–H groups in total. The Labute approximate surface area is 87.7 Å². The Morgan fingerprint density at radius 1 is 1.73 bits per heavy atom. The van der Waals surface area contributed by atoms with Crippen molar-refractivity contribution in [3.63, 3.8) is 0 Å². The van der Waals surface area contributed by atoms with Gasteiger partial charge < -0.3 is 10.1 Å². The number of esters is 1. The van der Waals surface area contributed by atoms with Crippen LogP contribution in [0.2, 0.25) is 0 Å². The maximum absolute atomic E-state index is 10.8. The summed E-state index contributed by atoms with van der Waals surface area (Å²) in [7, 11) is 1.34. The predicted octanol–water partition coefficient (Wildman–Crippen LogP) is 0.928. The average molecular weight is 205 g/mol. The summed E-state index contributed by atoms with van der Waals surface area (Å²) >= 11 is 0. The molecule has 1 aromatic heterocycles. The largest absolute Gasteiger partial charge is 0.469 e. The monoisotopic (exact) mass is 205 g/mol. The summed E-state index contributed by atoms with van der Waals surface area (Å²) in [5.41, 5.74) is 1.14. The van der Waals surface area contributed by atoms with Gasteiger partial charge in [0.1, 0.15) is 6.07 Å². The third-order valence-electron chi connectivity index (χ3n) is 1.81. The summed E-state index contributed by atoms with van der Waals surface area (Å²) in [6.45, 7) is 0.424. The summed E-state index contributed by atoms with van der Waals surface area (Å²) in [4.78, 5) is 14.7. The van der Waals surface area contributed by atoms with Crippen LogP contribution in [0.25, 0.3) is 0 Å². The minimum Gasteiger partial charge on any atom is -0.469 e. The minimum absolute atomic E-state index is 0.260. The van der Waals surface area contributed by atoms with E-state index in [1.165, 1.54) is 7.11 Å². The van der Waals surface area contributed by atoms with Crippen LogP contribution in [0.1, 0.15) is 12.0 Å². The third-order valence-corrected chi connectivity index (χ3v) is 1.81. The Kier molecular flexibility index (Phi) is 4.10. The molecule has 0 radical (unpaired) electrons. The molecule has 0 fully saturated rings. The van der Waals surface area contributed by atoms with Crippen LogP contribution in [-0.2, 0) is 9.53 Å². The lowest BCUT2D eigenvalue weighted by Crippen LogP contribution is -2.10. The Hall–Kier alpha value is -2.09. The zero-order valence-corrected chi connectivity index (χ0v) is 8.36. The van der Waals surface area contributed by atoms with Crippen molar-refractivity contribution in [3.8, 4) is 6.07 Å². The number of aromatic nitrogens is 1. The summed E-state index contributed by atoms with van der Waals surface area (Å²) in [5, 5.41) is 11.7. The number of hydrogen-bond acceptors (Lipinski definition) is 5. The molecule has 0 aliphatic heterocycles. The molecule has 1 heterocycles. The number of carbonyl (C=O) groups excluding carboxylic acids is 1. The van der Waals surface area contributed by atoms with E-state index in [9.17, 15) is 4.79 Å². The quantitative estimate of drug-likeness (QED) is 0.740. The number of ether oxygens (including phenoxy) is 1. The Bertz CT molecular complexity index is 384. The standard InChI is InChI=1S/C10H11N3O2/c1-15-10(14)3-5-13-9-7-12-4-2-8(9)6-11/h2,4,7,13H,3,5H2,1H3. The highest BCUT2D eigenvalue weighted by Gasteiger charge is 2.02. The molecule has 1 rings (SSSR count). The lowest BCUT2D eigenvalue weighted by Gasteiger charge is -2.05. The van der Waals surface area contributed by atoms with E-state index < -0.39 is 0 Å². The van der Waals surface area contributed by atoms with Crippen LogP contribution >= 0.6 is 0 Å². The average Bonchev–Trinajstić information content (AvgIpc) is 2.29. The van der Waals surface area contributed by atoms with Gasteiger partial charge in [-0.05, 0) is 6.07 Å². The lowest BCUT2D eigenvalue weighted by atomic mass is 10.2. The zero-order chi connectivity index (χ0) is 11.1. The van der Waals surface area contributed by atoms with Gasteiger partial charge >= 0.3 is 5.97 Å². The maximum atomic E-state index is 10.8. The van der Waals surface area contributed by atoms with E-state index in [4.69, 9.17) is 5.26 Å². The van der Waals surface area contributed by atoms with Crippen LogP contribution in [0.4, 0.5) is 5.69 Å². The summed E-state index contributed by atoms with van der Waals surface area (Å²) in [6.07, 6.45) is 3.36. The molecule has 0 saturated heterocycles. The number of nitrogens with one attached hydrogen (secondary N) is 1. The summed E-state index contributed by atoms with van der Waals surface area (Å²) in [5.74, 6) is -0.287. The number of methoxy groups -OCH3 is 1. The molecule has 0 aromatic carbocycles. The van der Waals surface area contributed by atoms with E-state index >= 15 is 0 Å². The van der Waals surface area contributed by atoms with Crippen molar-refractivity contribution in [1.29, 1.82) is 5.26 Å². The molecule has 15 heavy (non-hydrogen) atoms. The van der Waals surface area contributed by atoms with Gasteiger partial charge in [0.25, 0.3) is 0 Å². The molecule has 5 heteroatoms. The molecular formula is C10H11N3O2. The van der Waals surface area contributed by atoms with Crippen LogP contribution in [0.5, 0.6) is 0 Å². The molecule has 0 aliphatic rings. The fourth-order valence-corrected chi connectivity index (χ4v) is 1.03. The van der Waals surface area contributed by atoms with Gasteiger partial charge in [0.2, 0.25) is 0 Å². The molecule has 0 aliphatic carbocycles. The van der Waals surface area contributed by atoms with E-state index in [-0.39, 0.29) is 12.4 Å². The van der Waals surface area contributed by atoms with Crippen molar-refractivity contribution in [2.75, 3.05) is 19.0 Å². The number of nitrogens with zero attached hydrogens (tertiary/aromatic N) is 2. The Balaban J connectivity index is 2.51. The highest BCUT2D eigenvalue weighted by Crippen LogP contribution is 2.11. The van der Waals surface area contributed by atoms with Gasteiger partial charge in [-0.3, -0.25) is 9.78 Å². The first-order valence-corrected chi connectivity index (χ1v) is 4.42. The van der Waals surface area contributed by atoms with Crippen molar-refractivity contribution < 1.29 is 9.53 Å². The van der Waals surface area contributed by atoms with E-state index in [2.05, 4.69) is 15.0 Å². The number of rotatable bonds is 4. The molecule has 78 valence electrons. The molecular weight excluding hydrogens is 194 g/mol. The SMILES string of the molecule is COC(=O)CCNc1cnccc1C#N. The second-order valence-corrected chi connectivity index (χ2v) is 2.79. The first kappa shape index (κ1) is 11.0. The van der Waals surface area contributed by atoms with Crippen molar-refractivity contribution in [1.82, 2.24) is 4.98 Å². The van der Waals surface area contributed by atoms with Gasteiger partial charge in [-0.25, -0.2) is 0 Å². The van der Waals surface area contributed by atoms with Crippen LogP contribution < -0.4 is 5.32 Å². The van der Waals surface area contributed by atoms with Gasteiger partial charge in [-0.1, -0.05) is 0 Å². The molecule has 0 unspecified atom stereocenters. The number of hydrogen-bond donors (Lipinski definition) is 1. The maximum Gasteiger partial charge on any atom is 0.307 e. The van der Waals surface area contributed by atoms with E-state index in [0.29, 0.717) is 17.8 Å². The third kappa shape index (κ3) is 3.27. The summed E-state index contributed by atoms with van der Waals surface area (Å²) < 4.78 is 4.49. The first-order chi connectivity index (χ1) is 7.27. The zero-order valence-electron chi connectivity index (χ0n) is 8.36. The Morgan fingerprint density at radius 3 is 3.20 bits per heavy atom. The molecule has 0 amide bonds. The van der Waals surface area contributed by atoms with Crippen molar-refractivity contribution in [3.05, 3.63) is 24.0 Å². The fourth-order valence-electron chi connectivity index (χ4n) is 1.03. The number of pyridine rings is 1.